The molecule has 0 bridgehead atoms. The van der Waals surface area contributed by atoms with E-state index in [1.165, 1.54) is 0 Å². The van der Waals surface area contributed by atoms with Crippen LogP contribution >= 0.6 is 0 Å². The summed E-state index contributed by atoms with van der Waals surface area (Å²) in [6.45, 7) is 2.98. The van der Waals surface area contributed by atoms with Gasteiger partial charge in [0, 0.05) is 37.2 Å². The van der Waals surface area contributed by atoms with Gasteiger partial charge in [-0.1, -0.05) is 0 Å². The van der Waals surface area contributed by atoms with E-state index >= 15 is 0 Å². The summed E-state index contributed by atoms with van der Waals surface area (Å²) in [5, 5.41) is 8.26. The van der Waals surface area contributed by atoms with Crippen molar-refractivity contribution < 1.29 is 19.1 Å². The molecule has 27 heavy (non-hydrogen) atoms. The number of aryl methyl sites for hydroxylation is 1. The average Bonchev–Trinajstić information content (AvgIpc) is 2.68. The highest BCUT2D eigenvalue weighted by Crippen LogP contribution is 2.16. The zero-order valence-corrected chi connectivity index (χ0v) is 15.7. The Morgan fingerprint density at radius 1 is 1.11 bits per heavy atom. The zero-order valence-electron chi connectivity index (χ0n) is 15.7. The van der Waals surface area contributed by atoms with E-state index < -0.39 is 0 Å². The van der Waals surface area contributed by atoms with Crippen LogP contribution in [0.5, 0.6) is 5.75 Å². The summed E-state index contributed by atoms with van der Waals surface area (Å²) in [5.41, 5.74) is 2.61. The van der Waals surface area contributed by atoms with Crippen LogP contribution in [0.15, 0.2) is 36.5 Å². The Hall–Kier alpha value is -3.13. The SMILES string of the molecule is COCCNC(=O)c1ccc(NC(=O)NCc2cc(OC)ccn2)c(C)c1. The van der Waals surface area contributed by atoms with E-state index in [9.17, 15) is 9.59 Å². The van der Waals surface area contributed by atoms with Crippen molar-refractivity contribution in [1.29, 1.82) is 0 Å². The van der Waals surface area contributed by atoms with E-state index in [0.717, 1.165) is 5.56 Å². The van der Waals surface area contributed by atoms with Crippen LogP contribution in [-0.4, -0.2) is 44.3 Å². The fourth-order valence-electron chi connectivity index (χ4n) is 2.33. The Kier molecular flexibility index (Phi) is 7.57. The highest BCUT2D eigenvalue weighted by Gasteiger charge is 2.09. The summed E-state index contributed by atoms with van der Waals surface area (Å²) in [5.74, 6) is 0.493. The number of methoxy groups -OCH3 is 2. The van der Waals surface area contributed by atoms with E-state index in [2.05, 4.69) is 20.9 Å². The molecule has 0 aliphatic rings. The standard InChI is InChI=1S/C19H24N4O4/c1-13-10-14(18(24)21-8-9-26-2)4-5-17(13)23-19(25)22-12-15-11-16(27-3)6-7-20-15/h4-7,10-11H,8-9,12H2,1-3H3,(H,21,24)(H2,22,23,25). The topological polar surface area (TPSA) is 102 Å². The molecule has 0 unspecified atom stereocenters. The van der Waals surface area contributed by atoms with Gasteiger partial charge >= 0.3 is 6.03 Å². The van der Waals surface area contributed by atoms with Crippen molar-refractivity contribution in [1.82, 2.24) is 15.6 Å². The van der Waals surface area contributed by atoms with Gasteiger partial charge in [0.1, 0.15) is 5.75 Å². The molecule has 1 aromatic carbocycles. The molecule has 0 spiro atoms. The molecule has 1 heterocycles. The molecule has 1 aromatic heterocycles. The number of nitrogens with one attached hydrogen (secondary N) is 3. The number of hydrogen-bond donors (Lipinski definition) is 3. The molecule has 0 aliphatic heterocycles. The third kappa shape index (κ3) is 6.27. The van der Waals surface area contributed by atoms with Gasteiger partial charge in [-0.3, -0.25) is 9.78 Å². The Bertz CT molecular complexity index is 795. The number of pyridine rings is 1. The fraction of sp³-hybridized carbons (Fsp3) is 0.316. The summed E-state index contributed by atoms with van der Waals surface area (Å²) >= 11 is 0. The van der Waals surface area contributed by atoms with Crippen LogP contribution in [0, 0.1) is 6.92 Å². The number of carbonyl (C=O) groups is 2. The van der Waals surface area contributed by atoms with Crippen molar-refractivity contribution in [3.8, 4) is 5.75 Å². The highest BCUT2D eigenvalue weighted by molar-refractivity contribution is 5.96. The largest absolute Gasteiger partial charge is 0.497 e. The Morgan fingerprint density at radius 3 is 2.63 bits per heavy atom. The third-order valence-electron chi connectivity index (χ3n) is 3.78. The number of ether oxygens (including phenoxy) is 2. The minimum absolute atomic E-state index is 0.185. The van der Waals surface area contributed by atoms with Gasteiger partial charge in [-0.15, -0.1) is 0 Å². The van der Waals surface area contributed by atoms with Gasteiger partial charge in [-0.25, -0.2) is 4.79 Å². The number of aromatic nitrogens is 1. The van der Waals surface area contributed by atoms with Gasteiger partial charge in [0.25, 0.3) is 5.91 Å². The Labute approximate surface area is 158 Å². The number of anilines is 1. The van der Waals surface area contributed by atoms with Crippen molar-refractivity contribution >= 4 is 17.6 Å². The lowest BCUT2D eigenvalue weighted by Gasteiger charge is -2.12. The van der Waals surface area contributed by atoms with E-state index in [4.69, 9.17) is 9.47 Å². The lowest BCUT2D eigenvalue weighted by Crippen LogP contribution is -2.29. The number of carbonyl (C=O) groups excluding carboxylic acids is 2. The van der Waals surface area contributed by atoms with Crippen molar-refractivity contribution in [3.63, 3.8) is 0 Å². The van der Waals surface area contributed by atoms with Crippen molar-refractivity contribution in [2.45, 2.75) is 13.5 Å². The van der Waals surface area contributed by atoms with Crippen molar-refractivity contribution in [2.24, 2.45) is 0 Å². The molecule has 3 amide bonds. The Morgan fingerprint density at radius 2 is 1.93 bits per heavy atom. The molecule has 0 atom stereocenters. The first-order chi connectivity index (χ1) is 13.0. The van der Waals surface area contributed by atoms with E-state index in [0.29, 0.717) is 35.8 Å². The van der Waals surface area contributed by atoms with Crippen LogP contribution in [0.3, 0.4) is 0 Å². The molecule has 8 nitrogen and oxygen atoms in total. The van der Waals surface area contributed by atoms with Crippen LogP contribution in [0.2, 0.25) is 0 Å². The van der Waals surface area contributed by atoms with E-state index in [1.807, 2.05) is 6.92 Å². The normalized spacial score (nSPS) is 10.2. The first-order valence-electron chi connectivity index (χ1n) is 8.45. The molecule has 0 aliphatic carbocycles. The number of hydrogen-bond acceptors (Lipinski definition) is 5. The lowest BCUT2D eigenvalue weighted by atomic mass is 10.1. The van der Waals surface area contributed by atoms with Gasteiger partial charge in [-0.2, -0.15) is 0 Å². The Balaban J connectivity index is 1.90. The maximum Gasteiger partial charge on any atom is 0.319 e. The van der Waals surface area contributed by atoms with E-state index in [1.54, 1.807) is 50.7 Å². The molecule has 2 aromatic rings. The van der Waals surface area contributed by atoms with Crippen LogP contribution in [0.1, 0.15) is 21.6 Å². The second kappa shape index (κ2) is 10.1. The molecule has 144 valence electrons. The summed E-state index contributed by atoms with van der Waals surface area (Å²) in [4.78, 5) is 28.3. The zero-order chi connectivity index (χ0) is 19.6. The van der Waals surface area contributed by atoms with Gasteiger partial charge < -0.3 is 25.4 Å². The van der Waals surface area contributed by atoms with Crippen molar-refractivity contribution in [3.05, 3.63) is 53.3 Å². The summed E-state index contributed by atoms with van der Waals surface area (Å²) in [7, 11) is 3.15. The molecular formula is C19H24N4O4. The number of rotatable bonds is 8. The van der Waals surface area contributed by atoms with Crippen LogP contribution in [0.4, 0.5) is 10.5 Å². The molecule has 0 saturated carbocycles. The third-order valence-corrected chi connectivity index (χ3v) is 3.78. The molecule has 3 N–H and O–H groups in total. The van der Waals surface area contributed by atoms with Gasteiger partial charge in [0.2, 0.25) is 0 Å². The van der Waals surface area contributed by atoms with Crippen molar-refractivity contribution in [2.75, 3.05) is 32.7 Å². The van der Waals surface area contributed by atoms with Gasteiger partial charge in [0.15, 0.2) is 0 Å². The van der Waals surface area contributed by atoms with Crippen LogP contribution < -0.4 is 20.7 Å². The number of urea groups is 1. The maximum atomic E-state index is 12.1. The monoisotopic (exact) mass is 372 g/mol. The minimum atomic E-state index is -0.361. The minimum Gasteiger partial charge on any atom is -0.497 e. The van der Waals surface area contributed by atoms with Crippen LogP contribution in [-0.2, 0) is 11.3 Å². The molecule has 0 fully saturated rings. The predicted octanol–water partition coefficient (Wildman–Crippen LogP) is 2.10. The fourth-order valence-corrected chi connectivity index (χ4v) is 2.33. The molecule has 0 radical (unpaired) electrons. The number of benzene rings is 1. The smallest absolute Gasteiger partial charge is 0.319 e. The first-order valence-corrected chi connectivity index (χ1v) is 8.45. The second-order valence-corrected chi connectivity index (χ2v) is 5.77. The predicted molar refractivity (Wildman–Crippen MR) is 102 cm³/mol. The van der Waals surface area contributed by atoms with Crippen LogP contribution in [0.25, 0.3) is 0 Å². The average molecular weight is 372 g/mol. The molecule has 2 rings (SSSR count). The maximum absolute atomic E-state index is 12.1. The van der Waals surface area contributed by atoms with E-state index in [-0.39, 0.29) is 18.5 Å². The summed E-state index contributed by atoms with van der Waals surface area (Å²) < 4.78 is 10.0. The molecular weight excluding hydrogens is 348 g/mol. The summed E-state index contributed by atoms with van der Waals surface area (Å²) in [6.07, 6.45) is 1.62. The number of nitrogens with zero attached hydrogens (tertiary/aromatic N) is 1. The van der Waals surface area contributed by atoms with Gasteiger partial charge in [0.05, 0.1) is 26.0 Å². The lowest BCUT2D eigenvalue weighted by molar-refractivity contribution is 0.0937. The van der Waals surface area contributed by atoms with Gasteiger partial charge in [-0.05, 0) is 36.8 Å². The quantitative estimate of drug-likeness (QED) is 0.616. The first kappa shape index (κ1) is 20.2. The summed E-state index contributed by atoms with van der Waals surface area (Å²) in [6, 6.07) is 8.21. The second-order valence-electron chi connectivity index (χ2n) is 5.77. The highest BCUT2D eigenvalue weighted by atomic mass is 16.5. The molecule has 8 heteroatoms. The molecule has 0 saturated heterocycles. The number of amides is 3.